The van der Waals surface area contributed by atoms with Crippen molar-refractivity contribution >= 4 is 5.91 Å². The Labute approximate surface area is 151 Å². The molecule has 0 saturated heterocycles. The molecule has 1 amide bonds. The Morgan fingerprint density at radius 3 is 2.62 bits per heavy atom. The second-order valence-corrected chi connectivity index (χ2v) is 6.60. The predicted octanol–water partition coefficient (Wildman–Crippen LogP) is 2.90. The van der Waals surface area contributed by atoms with Crippen LogP contribution in [0.4, 0.5) is 0 Å². The number of nitrogens with one attached hydrogen (secondary N) is 2. The molecule has 0 unspecified atom stereocenters. The van der Waals surface area contributed by atoms with Crippen LogP contribution in [0, 0.1) is 5.92 Å². The van der Waals surface area contributed by atoms with Crippen molar-refractivity contribution in [1.29, 1.82) is 0 Å². The minimum Gasteiger partial charge on any atom is -0.342 e. The van der Waals surface area contributed by atoms with Crippen molar-refractivity contribution < 1.29 is 4.79 Å². The molecule has 0 fully saturated rings. The van der Waals surface area contributed by atoms with E-state index in [4.69, 9.17) is 0 Å². The SMILES string of the molecule is CC(C)[C@@H](NC(=O)c1cccc(-c2cccc(=O)[nH]2)c1)c1nccn1C. The van der Waals surface area contributed by atoms with Gasteiger partial charge in [-0.3, -0.25) is 9.59 Å². The first-order valence-corrected chi connectivity index (χ1v) is 8.53. The van der Waals surface area contributed by atoms with Crippen molar-refractivity contribution in [3.8, 4) is 11.3 Å². The fraction of sp³-hybridized carbons (Fsp3) is 0.250. The second kappa shape index (κ2) is 7.39. The lowest BCUT2D eigenvalue weighted by atomic mass is 10.0. The Hall–Kier alpha value is -3.15. The van der Waals surface area contributed by atoms with Gasteiger partial charge in [-0.25, -0.2) is 4.98 Å². The van der Waals surface area contributed by atoms with Crippen LogP contribution < -0.4 is 10.9 Å². The van der Waals surface area contributed by atoms with Crippen LogP contribution in [0.15, 0.2) is 59.7 Å². The summed E-state index contributed by atoms with van der Waals surface area (Å²) in [7, 11) is 1.91. The van der Waals surface area contributed by atoms with Crippen LogP contribution in [0.2, 0.25) is 0 Å². The molecule has 2 aromatic heterocycles. The summed E-state index contributed by atoms with van der Waals surface area (Å²) < 4.78 is 1.91. The van der Waals surface area contributed by atoms with E-state index in [1.54, 1.807) is 30.5 Å². The third-order valence-electron chi connectivity index (χ3n) is 4.29. The first-order chi connectivity index (χ1) is 12.5. The van der Waals surface area contributed by atoms with E-state index in [1.807, 2.05) is 43.8 Å². The molecule has 3 rings (SSSR count). The van der Waals surface area contributed by atoms with Gasteiger partial charge < -0.3 is 14.9 Å². The monoisotopic (exact) mass is 350 g/mol. The summed E-state index contributed by atoms with van der Waals surface area (Å²) in [5.41, 5.74) is 1.82. The number of carbonyl (C=O) groups is 1. The molecule has 1 atom stereocenters. The highest BCUT2D eigenvalue weighted by Crippen LogP contribution is 2.22. The van der Waals surface area contributed by atoms with Gasteiger partial charge in [0, 0.05) is 36.8 Å². The second-order valence-electron chi connectivity index (χ2n) is 6.60. The Bertz CT molecular complexity index is 971. The summed E-state index contributed by atoms with van der Waals surface area (Å²) in [5, 5.41) is 3.07. The minimum absolute atomic E-state index is 0.174. The Balaban J connectivity index is 1.87. The van der Waals surface area contributed by atoms with Gasteiger partial charge in [-0.2, -0.15) is 0 Å². The predicted molar refractivity (Wildman–Crippen MR) is 101 cm³/mol. The summed E-state index contributed by atoms with van der Waals surface area (Å²) in [6.45, 7) is 4.09. The zero-order valence-corrected chi connectivity index (χ0v) is 15.1. The molecule has 0 aliphatic heterocycles. The molecule has 2 N–H and O–H groups in total. The van der Waals surface area contributed by atoms with Gasteiger partial charge in [0.15, 0.2) is 0 Å². The summed E-state index contributed by atoms with van der Waals surface area (Å²) in [6.07, 6.45) is 3.59. The topological polar surface area (TPSA) is 79.8 Å². The fourth-order valence-electron chi connectivity index (χ4n) is 2.87. The molecule has 6 nitrogen and oxygen atoms in total. The van der Waals surface area contributed by atoms with E-state index in [1.165, 1.54) is 6.07 Å². The highest BCUT2D eigenvalue weighted by Gasteiger charge is 2.22. The molecule has 6 heteroatoms. The molecule has 134 valence electrons. The molecule has 3 aromatic rings. The lowest BCUT2D eigenvalue weighted by Crippen LogP contribution is -2.33. The summed E-state index contributed by atoms with van der Waals surface area (Å²) >= 11 is 0. The zero-order chi connectivity index (χ0) is 18.7. The third kappa shape index (κ3) is 3.74. The average Bonchev–Trinajstić information content (AvgIpc) is 3.05. The van der Waals surface area contributed by atoms with Gasteiger partial charge in [0.25, 0.3) is 5.91 Å². The van der Waals surface area contributed by atoms with Crippen molar-refractivity contribution in [2.24, 2.45) is 13.0 Å². The summed E-state index contributed by atoms with van der Waals surface area (Å²) in [6, 6.07) is 12.0. The summed E-state index contributed by atoms with van der Waals surface area (Å²) in [5.74, 6) is 0.831. The van der Waals surface area contributed by atoms with E-state index in [0.717, 1.165) is 11.4 Å². The molecule has 0 radical (unpaired) electrons. The number of H-pyrrole nitrogens is 1. The van der Waals surface area contributed by atoms with Crippen LogP contribution in [0.3, 0.4) is 0 Å². The highest BCUT2D eigenvalue weighted by atomic mass is 16.1. The van der Waals surface area contributed by atoms with Gasteiger partial charge in [0.2, 0.25) is 5.56 Å². The molecule has 0 spiro atoms. The molecule has 1 aromatic carbocycles. The maximum Gasteiger partial charge on any atom is 0.251 e. The number of amides is 1. The molecule has 26 heavy (non-hydrogen) atoms. The highest BCUT2D eigenvalue weighted by molar-refractivity contribution is 5.95. The van der Waals surface area contributed by atoms with Crippen molar-refractivity contribution in [2.75, 3.05) is 0 Å². The molecule has 0 aliphatic rings. The van der Waals surface area contributed by atoms with Gasteiger partial charge in [-0.05, 0) is 29.7 Å². The van der Waals surface area contributed by atoms with Crippen LogP contribution in [0.5, 0.6) is 0 Å². The van der Waals surface area contributed by atoms with Crippen molar-refractivity contribution in [2.45, 2.75) is 19.9 Å². The quantitative estimate of drug-likeness (QED) is 0.742. The number of hydrogen-bond donors (Lipinski definition) is 2. The van der Waals surface area contributed by atoms with Gasteiger partial charge in [0.05, 0.1) is 6.04 Å². The molecule has 0 saturated carbocycles. The van der Waals surface area contributed by atoms with E-state index < -0.39 is 0 Å². The number of pyridine rings is 1. The van der Waals surface area contributed by atoms with Crippen molar-refractivity contribution in [3.05, 3.63) is 76.6 Å². The minimum atomic E-state index is -0.192. The molecular weight excluding hydrogens is 328 g/mol. The van der Waals surface area contributed by atoms with E-state index in [0.29, 0.717) is 11.3 Å². The maximum atomic E-state index is 12.8. The van der Waals surface area contributed by atoms with E-state index >= 15 is 0 Å². The number of benzene rings is 1. The first-order valence-electron chi connectivity index (χ1n) is 8.53. The molecule has 0 aliphatic carbocycles. The van der Waals surface area contributed by atoms with Crippen LogP contribution in [-0.4, -0.2) is 20.4 Å². The van der Waals surface area contributed by atoms with E-state index in [-0.39, 0.29) is 23.4 Å². The van der Waals surface area contributed by atoms with Crippen LogP contribution in [0.1, 0.15) is 36.1 Å². The maximum absolute atomic E-state index is 12.8. The number of hydrogen-bond acceptors (Lipinski definition) is 3. The van der Waals surface area contributed by atoms with Gasteiger partial charge >= 0.3 is 0 Å². The smallest absolute Gasteiger partial charge is 0.251 e. The molecule has 0 bridgehead atoms. The molecule has 2 heterocycles. The Morgan fingerprint density at radius 1 is 1.19 bits per heavy atom. The Morgan fingerprint density at radius 2 is 1.96 bits per heavy atom. The van der Waals surface area contributed by atoms with Gasteiger partial charge in [-0.15, -0.1) is 0 Å². The van der Waals surface area contributed by atoms with Crippen LogP contribution in [0.25, 0.3) is 11.3 Å². The van der Waals surface area contributed by atoms with E-state index in [2.05, 4.69) is 15.3 Å². The van der Waals surface area contributed by atoms with Crippen molar-refractivity contribution in [3.63, 3.8) is 0 Å². The zero-order valence-electron chi connectivity index (χ0n) is 15.1. The number of rotatable bonds is 5. The Kier molecular flexibility index (Phi) is 5.02. The number of aryl methyl sites for hydroxylation is 1. The average molecular weight is 350 g/mol. The number of nitrogens with zero attached hydrogens (tertiary/aromatic N) is 2. The lowest BCUT2D eigenvalue weighted by molar-refractivity contribution is 0.0922. The third-order valence-corrected chi connectivity index (χ3v) is 4.29. The van der Waals surface area contributed by atoms with Crippen LogP contribution >= 0.6 is 0 Å². The van der Waals surface area contributed by atoms with Gasteiger partial charge in [0.1, 0.15) is 5.82 Å². The summed E-state index contributed by atoms with van der Waals surface area (Å²) in [4.78, 5) is 31.5. The van der Waals surface area contributed by atoms with Crippen LogP contribution in [-0.2, 0) is 7.05 Å². The number of carbonyl (C=O) groups excluding carboxylic acids is 1. The number of aromatic nitrogens is 3. The first kappa shape index (κ1) is 17.7. The standard InChI is InChI=1S/C20H22N4O2/c1-13(2)18(19-21-10-11-24(19)3)23-20(26)15-7-4-6-14(12-15)16-8-5-9-17(25)22-16/h4-13,18H,1-3H3,(H,22,25)(H,23,26)/t18-/m1/s1. The van der Waals surface area contributed by atoms with E-state index in [9.17, 15) is 9.59 Å². The normalized spacial score (nSPS) is 12.2. The van der Waals surface area contributed by atoms with Crippen molar-refractivity contribution in [1.82, 2.24) is 19.9 Å². The largest absolute Gasteiger partial charge is 0.342 e. The number of aromatic amines is 1. The molecular formula is C20H22N4O2. The van der Waals surface area contributed by atoms with Gasteiger partial charge in [-0.1, -0.05) is 32.0 Å². The lowest BCUT2D eigenvalue weighted by Gasteiger charge is -2.22. The fourth-order valence-corrected chi connectivity index (χ4v) is 2.87. The number of imidazole rings is 1.